The van der Waals surface area contributed by atoms with Gasteiger partial charge in [-0.1, -0.05) is 25.4 Å². The molecule has 0 saturated carbocycles. The van der Waals surface area contributed by atoms with Crippen molar-refractivity contribution in [1.29, 1.82) is 0 Å². The summed E-state index contributed by atoms with van der Waals surface area (Å²) in [5.41, 5.74) is 0.987. The molecule has 0 aromatic heterocycles. The number of ether oxygens (including phenoxy) is 1. The molecule has 0 spiro atoms. The molecule has 1 aromatic carbocycles. The van der Waals surface area contributed by atoms with Crippen molar-refractivity contribution in [2.24, 2.45) is 11.8 Å². The third kappa shape index (κ3) is 3.51. The number of benzene rings is 1. The molecule has 3 rings (SSSR count). The molecule has 2 aliphatic heterocycles. The lowest BCUT2D eigenvalue weighted by Crippen LogP contribution is -2.53. The zero-order chi connectivity index (χ0) is 17.3. The molecule has 6 heteroatoms. The Bertz CT molecular complexity index is 639. The van der Waals surface area contributed by atoms with Gasteiger partial charge in [0.2, 0.25) is 11.8 Å². The maximum Gasteiger partial charge on any atom is 0.229 e. The van der Waals surface area contributed by atoms with E-state index in [1.807, 2.05) is 35.8 Å². The number of rotatable bonds is 2. The largest absolute Gasteiger partial charge is 0.492 e. The van der Waals surface area contributed by atoms with Crippen molar-refractivity contribution >= 4 is 23.4 Å². The van der Waals surface area contributed by atoms with E-state index in [4.69, 9.17) is 16.3 Å². The van der Waals surface area contributed by atoms with Crippen molar-refractivity contribution in [3.63, 3.8) is 0 Å². The number of carbonyl (C=O) groups is 2. The fourth-order valence-electron chi connectivity index (χ4n) is 3.29. The Kier molecular flexibility index (Phi) is 4.99. The number of fused-ring (bicyclic) bond motifs is 1. The van der Waals surface area contributed by atoms with Crippen molar-refractivity contribution in [1.82, 2.24) is 9.80 Å². The zero-order valence-corrected chi connectivity index (χ0v) is 14.9. The highest BCUT2D eigenvalue weighted by Crippen LogP contribution is 2.30. The van der Waals surface area contributed by atoms with E-state index in [9.17, 15) is 9.59 Å². The van der Waals surface area contributed by atoms with Crippen molar-refractivity contribution < 1.29 is 14.3 Å². The third-order valence-electron chi connectivity index (χ3n) is 4.68. The van der Waals surface area contributed by atoms with Gasteiger partial charge in [0.05, 0.1) is 5.92 Å². The zero-order valence-electron chi connectivity index (χ0n) is 14.1. The maximum atomic E-state index is 12.8. The number of piperazine rings is 1. The van der Waals surface area contributed by atoms with E-state index in [0.29, 0.717) is 44.2 Å². The summed E-state index contributed by atoms with van der Waals surface area (Å²) in [6.45, 7) is 6.62. The first-order valence-electron chi connectivity index (χ1n) is 8.44. The minimum atomic E-state index is -0.177. The number of amides is 2. The highest BCUT2D eigenvalue weighted by molar-refractivity contribution is 6.30. The molecule has 1 atom stereocenters. The van der Waals surface area contributed by atoms with Crippen LogP contribution in [0.5, 0.6) is 5.75 Å². The lowest BCUT2D eigenvalue weighted by Gasteiger charge is -2.37. The van der Waals surface area contributed by atoms with Gasteiger partial charge in [-0.3, -0.25) is 9.59 Å². The summed E-state index contributed by atoms with van der Waals surface area (Å²) in [5, 5.41) is 0.659. The highest BCUT2D eigenvalue weighted by Gasteiger charge is 2.32. The van der Waals surface area contributed by atoms with Crippen LogP contribution in [0.3, 0.4) is 0 Å². The quantitative estimate of drug-likeness (QED) is 0.821. The summed E-state index contributed by atoms with van der Waals surface area (Å²) in [6, 6.07) is 5.53. The van der Waals surface area contributed by atoms with E-state index < -0.39 is 0 Å². The lowest BCUT2D eigenvalue weighted by molar-refractivity contribution is -0.144. The molecule has 0 radical (unpaired) electrons. The van der Waals surface area contributed by atoms with Crippen LogP contribution in [-0.2, 0) is 16.0 Å². The van der Waals surface area contributed by atoms with Gasteiger partial charge in [0.25, 0.3) is 0 Å². The van der Waals surface area contributed by atoms with Gasteiger partial charge in [0.15, 0.2) is 0 Å². The Morgan fingerprint density at radius 2 is 1.83 bits per heavy atom. The molecule has 0 bridgehead atoms. The Labute approximate surface area is 147 Å². The number of halogens is 1. The average molecular weight is 351 g/mol. The topological polar surface area (TPSA) is 49.9 Å². The summed E-state index contributed by atoms with van der Waals surface area (Å²) in [4.78, 5) is 28.5. The van der Waals surface area contributed by atoms with Crippen LogP contribution in [0.25, 0.3) is 0 Å². The summed E-state index contributed by atoms with van der Waals surface area (Å²) < 4.78 is 5.72. The van der Waals surface area contributed by atoms with Crippen LogP contribution in [0.15, 0.2) is 18.2 Å². The van der Waals surface area contributed by atoms with Crippen LogP contribution >= 0.6 is 11.6 Å². The second-order valence-corrected chi connectivity index (χ2v) is 7.21. The first-order chi connectivity index (χ1) is 11.5. The van der Waals surface area contributed by atoms with Gasteiger partial charge in [-0.05, 0) is 30.2 Å². The Morgan fingerprint density at radius 1 is 1.17 bits per heavy atom. The highest BCUT2D eigenvalue weighted by atomic mass is 35.5. The van der Waals surface area contributed by atoms with Gasteiger partial charge < -0.3 is 14.5 Å². The first kappa shape index (κ1) is 17.1. The Balaban J connectivity index is 1.59. The number of hydrogen-bond acceptors (Lipinski definition) is 3. The standard InChI is InChI=1S/C18H23ClN2O3/c1-12(2)17(22)20-5-7-21(8-6-20)18(23)14-9-13-10-15(19)3-4-16(13)24-11-14/h3-4,10,12,14H,5-9,11H2,1-2H3/t14-/m0/s1. The third-order valence-corrected chi connectivity index (χ3v) is 4.91. The molecule has 5 nitrogen and oxygen atoms in total. The van der Waals surface area contributed by atoms with Gasteiger partial charge in [-0.15, -0.1) is 0 Å². The molecule has 130 valence electrons. The monoisotopic (exact) mass is 350 g/mol. The van der Waals surface area contributed by atoms with E-state index >= 15 is 0 Å². The molecule has 1 saturated heterocycles. The normalized spacial score (nSPS) is 20.6. The second-order valence-electron chi connectivity index (χ2n) is 6.77. The smallest absolute Gasteiger partial charge is 0.229 e. The van der Waals surface area contributed by atoms with Crippen molar-refractivity contribution in [3.05, 3.63) is 28.8 Å². The van der Waals surface area contributed by atoms with Crippen LogP contribution in [0, 0.1) is 11.8 Å². The van der Waals surface area contributed by atoms with Crippen molar-refractivity contribution in [2.75, 3.05) is 32.8 Å². The summed E-state index contributed by atoms with van der Waals surface area (Å²) in [5.74, 6) is 0.906. The first-order valence-corrected chi connectivity index (χ1v) is 8.82. The molecular formula is C18H23ClN2O3. The van der Waals surface area contributed by atoms with Crippen LogP contribution in [0.1, 0.15) is 19.4 Å². The summed E-state index contributed by atoms with van der Waals surface area (Å²) >= 11 is 6.04. The second kappa shape index (κ2) is 7.01. The van der Waals surface area contributed by atoms with Crippen LogP contribution in [0.2, 0.25) is 5.02 Å². The molecule has 0 N–H and O–H groups in total. The number of hydrogen-bond donors (Lipinski definition) is 0. The van der Waals surface area contributed by atoms with Gasteiger partial charge in [0, 0.05) is 37.1 Å². The molecule has 1 aromatic rings. The average Bonchev–Trinajstić information content (AvgIpc) is 2.59. The van der Waals surface area contributed by atoms with E-state index in [-0.39, 0.29) is 23.7 Å². The molecule has 2 aliphatic rings. The SMILES string of the molecule is CC(C)C(=O)N1CCN(C(=O)[C@@H]2COc3ccc(Cl)cc3C2)CC1. The van der Waals surface area contributed by atoms with E-state index in [0.717, 1.165) is 11.3 Å². The Morgan fingerprint density at radius 3 is 2.50 bits per heavy atom. The van der Waals surface area contributed by atoms with Gasteiger partial charge >= 0.3 is 0 Å². The predicted octanol–water partition coefficient (Wildman–Crippen LogP) is 2.22. The van der Waals surface area contributed by atoms with E-state index in [2.05, 4.69) is 0 Å². The maximum absolute atomic E-state index is 12.8. The van der Waals surface area contributed by atoms with Crippen molar-refractivity contribution in [2.45, 2.75) is 20.3 Å². The molecule has 2 heterocycles. The molecule has 0 aliphatic carbocycles. The van der Waals surface area contributed by atoms with Crippen molar-refractivity contribution in [3.8, 4) is 5.75 Å². The Hall–Kier alpha value is -1.75. The molecule has 24 heavy (non-hydrogen) atoms. The number of carbonyl (C=O) groups excluding carboxylic acids is 2. The molecular weight excluding hydrogens is 328 g/mol. The fraction of sp³-hybridized carbons (Fsp3) is 0.556. The van der Waals surface area contributed by atoms with Crippen LogP contribution < -0.4 is 4.74 Å². The fourth-order valence-corrected chi connectivity index (χ4v) is 3.49. The van der Waals surface area contributed by atoms with Gasteiger partial charge in [-0.25, -0.2) is 0 Å². The van der Waals surface area contributed by atoms with Gasteiger partial charge in [-0.2, -0.15) is 0 Å². The lowest BCUT2D eigenvalue weighted by atomic mass is 9.95. The van der Waals surface area contributed by atoms with Gasteiger partial charge in [0.1, 0.15) is 12.4 Å². The molecule has 2 amide bonds. The van der Waals surface area contributed by atoms with E-state index in [1.165, 1.54) is 0 Å². The number of nitrogens with zero attached hydrogens (tertiary/aromatic N) is 2. The minimum absolute atomic E-state index is 0.000228. The van der Waals surface area contributed by atoms with Crippen LogP contribution in [0.4, 0.5) is 0 Å². The molecule has 1 fully saturated rings. The summed E-state index contributed by atoms with van der Waals surface area (Å²) in [6.07, 6.45) is 0.653. The predicted molar refractivity (Wildman–Crippen MR) is 92.1 cm³/mol. The minimum Gasteiger partial charge on any atom is -0.492 e. The van der Waals surface area contributed by atoms with E-state index in [1.54, 1.807) is 6.07 Å². The van der Waals surface area contributed by atoms with Crippen LogP contribution in [-0.4, -0.2) is 54.4 Å². The summed E-state index contributed by atoms with van der Waals surface area (Å²) in [7, 11) is 0. The molecule has 0 unspecified atom stereocenters.